The summed E-state index contributed by atoms with van der Waals surface area (Å²) in [5.74, 6) is -0.180. The summed E-state index contributed by atoms with van der Waals surface area (Å²) in [5.41, 5.74) is 2.21. The number of ether oxygens (including phenoxy) is 1. The number of hydrogen-bond acceptors (Lipinski definition) is 3. The van der Waals surface area contributed by atoms with E-state index in [0.29, 0.717) is 6.42 Å². The summed E-state index contributed by atoms with van der Waals surface area (Å²) in [5, 5.41) is 0. The molecule has 0 amide bonds. The van der Waals surface area contributed by atoms with Crippen LogP contribution >= 0.6 is 0 Å². The zero-order valence-corrected chi connectivity index (χ0v) is 12.2. The second-order valence-corrected chi connectivity index (χ2v) is 5.70. The molecule has 0 spiro atoms. The van der Waals surface area contributed by atoms with Crippen LogP contribution in [-0.4, -0.2) is 36.6 Å². The standard InChI is InChI=1S/C17H20FNO2/c1-2-17(20)21-16-8-10-19-9-7-14(15(16)11-19)12-3-5-13(18)6-4-12/h3-7,15-16H,2,8-11H2,1H3/t15?,16-/m1/s1. The average Bonchev–Trinajstić information content (AvgIpc) is 2.51. The van der Waals surface area contributed by atoms with E-state index in [1.165, 1.54) is 17.7 Å². The number of fused-ring (bicyclic) bond motifs is 2. The molecule has 3 rings (SSSR count). The van der Waals surface area contributed by atoms with Gasteiger partial charge < -0.3 is 4.74 Å². The third kappa shape index (κ3) is 3.00. The Morgan fingerprint density at radius 2 is 2.14 bits per heavy atom. The number of piperidine rings is 1. The van der Waals surface area contributed by atoms with Gasteiger partial charge in [0.2, 0.25) is 0 Å². The van der Waals surface area contributed by atoms with Crippen LogP contribution in [-0.2, 0) is 9.53 Å². The van der Waals surface area contributed by atoms with Crippen LogP contribution in [0.4, 0.5) is 4.39 Å². The number of esters is 1. The Hall–Kier alpha value is -1.68. The second kappa shape index (κ2) is 5.98. The average molecular weight is 289 g/mol. The van der Waals surface area contributed by atoms with Crippen LogP contribution in [0, 0.1) is 11.7 Å². The molecule has 2 aliphatic rings. The Balaban J connectivity index is 1.85. The van der Waals surface area contributed by atoms with Crippen LogP contribution in [0.3, 0.4) is 0 Å². The smallest absolute Gasteiger partial charge is 0.305 e. The molecule has 0 aliphatic carbocycles. The van der Waals surface area contributed by atoms with Crippen molar-refractivity contribution < 1.29 is 13.9 Å². The van der Waals surface area contributed by atoms with E-state index in [4.69, 9.17) is 4.74 Å². The number of hydrogen-bond donors (Lipinski definition) is 0. The number of benzene rings is 1. The summed E-state index contributed by atoms with van der Waals surface area (Å²) in [4.78, 5) is 14.0. The van der Waals surface area contributed by atoms with Crippen LogP contribution in [0.25, 0.3) is 5.57 Å². The third-order valence-corrected chi connectivity index (χ3v) is 4.35. The van der Waals surface area contributed by atoms with Gasteiger partial charge in [-0.05, 0) is 29.7 Å². The molecule has 2 bridgehead atoms. The molecular formula is C17H20FNO2. The van der Waals surface area contributed by atoms with E-state index in [2.05, 4.69) is 11.0 Å². The molecule has 1 aromatic carbocycles. The molecule has 1 aromatic rings. The maximum atomic E-state index is 13.1. The Bertz CT molecular complexity index is 552. The highest BCUT2D eigenvalue weighted by Crippen LogP contribution is 2.36. The highest BCUT2D eigenvalue weighted by molar-refractivity contribution is 5.72. The van der Waals surface area contributed by atoms with E-state index in [1.54, 1.807) is 0 Å². The highest BCUT2D eigenvalue weighted by atomic mass is 19.1. The van der Waals surface area contributed by atoms with Gasteiger partial charge >= 0.3 is 5.97 Å². The first-order chi connectivity index (χ1) is 10.2. The minimum atomic E-state index is -0.227. The van der Waals surface area contributed by atoms with Crippen LogP contribution in [0.15, 0.2) is 30.3 Å². The first kappa shape index (κ1) is 14.3. The number of nitrogens with zero attached hydrogens (tertiary/aromatic N) is 1. The summed E-state index contributed by atoms with van der Waals surface area (Å²) in [6.07, 6.45) is 3.40. The van der Waals surface area contributed by atoms with Crippen LogP contribution in [0.5, 0.6) is 0 Å². The molecule has 21 heavy (non-hydrogen) atoms. The second-order valence-electron chi connectivity index (χ2n) is 5.70. The summed E-state index contributed by atoms with van der Waals surface area (Å²) in [6.45, 7) is 4.60. The van der Waals surface area contributed by atoms with Gasteiger partial charge in [0.1, 0.15) is 11.9 Å². The Labute approximate surface area is 124 Å². The fraction of sp³-hybridized carbons (Fsp3) is 0.471. The lowest BCUT2D eigenvalue weighted by Gasteiger charge is -2.42. The van der Waals surface area contributed by atoms with Gasteiger partial charge in [-0.25, -0.2) is 4.39 Å². The number of carbonyl (C=O) groups is 1. The van der Waals surface area contributed by atoms with E-state index >= 15 is 0 Å². The SMILES string of the molecule is CCC(=O)O[C@@H]1CCN2CC=C(c3ccc(F)cc3)C1C2. The molecular weight excluding hydrogens is 269 g/mol. The Morgan fingerprint density at radius 1 is 1.38 bits per heavy atom. The van der Waals surface area contributed by atoms with Crippen molar-refractivity contribution in [3.8, 4) is 0 Å². The molecule has 0 radical (unpaired) electrons. The molecule has 112 valence electrons. The van der Waals surface area contributed by atoms with Crippen LogP contribution in [0.1, 0.15) is 25.3 Å². The van der Waals surface area contributed by atoms with Gasteiger partial charge in [0.25, 0.3) is 0 Å². The van der Waals surface area contributed by atoms with Crippen molar-refractivity contribution in [2.24, 2.45) is 5.92 Å². The maximum Gasteiger partial charge on any atom is 0.305 e. The number of rotatable bonds is 3. The van der Waals surface area contributed by atoms with E-state index in [0.717, 1.165) is 31.6 Å². The van der Waals surface area contributed by atoms with Crippen molar-refractivity contribution in [3.05, 3.63) is 41.7 Å². The third-order valence-electron chi connectivity index (χ3n) is 4.35. The van der Waals surface area contributed by atoms with Crippen molar-refractivity contribution >= 4 is 11.5 Å². The fourth-order valence-electron chi connectivity index (χ4n) is 3.21. The molecule has 2 aliphatic heterocycles. The minimum absolute atomic E-state index is 0.0645. The molecule has 0 N–H and O–H groups in total. The fourth-order valence-corrected chi connectivity index (χ4v) is 3.21. The molecule has 0 aromatic heterocycles. The van der Waals surface area contributed by atoms with Gasteiger partial charge in [-0.15, -0.1) is 0 Å². The lowest BCUT2D eigenvalue weighted by Crippen LogP contribution is -2.47. The molecule has 1 fully saturated rings. The van der Waals surface area contributed by atoms with Gasteiger partial charge in [-0.2, -0.15) is 0 Å². The first-order valence-corrected chi connectivity index (χ1v) is 7.55. The molecule has 3 atom stereocenters. The van der Waals surface area contributed by atoms with E-state index in [-0.39, 0.29) is 23.8 Å². The van der Waals surface area contributed by atoms with Crippen LogP contribution in [0.2, 0.25) is 0 Å². The van der Waals surface area contributed by atoms with E-state index < -0.39 is 0 Å². The monoisotopic (exact) mass is 289 g/mol. The Kier molecular flexibility index (Phi) is 4.06. The Morgan fingerprint density at radius 3 is 2.86 bits per heavy atom. The van der Waals surface area contributed by atoms with Crippen molar-refractivity contribution in [2.45, 2.75) is 25.9 Å². The first-order valence-electron chi connectivity index (χ1n) is 7.55. The normalized spacial score (nSPS) is 27.9. The molecule has 0 saturated carbocycles. The zero-order valence-electron chi connectivity index (χ0n) is 12.2. The molecule has 2 unspecified atom stereocenters. The van der Waals surface area contributed by atoms with Gasteiger partial charge in [0, 0.05) is 32.0 Å². The summed E-state index contributed by atoms with van der Waals surface area (Å²) in [7, 11) is 0. The van der Waals surface area contributed by atoms with Crippen molar-refractivity contribution in [1.29, 1.82) is 0 Å². The molecule has 3 nitrogen and oxygen atoms in total. The van der Waals surface area contributed by atoms with Crippen molar-refractivity contribution in [2.75, 3.05) is 19.6 Å². The van der Waals surface area contributed by atoms with Gasteiger partial charge in [-0.1, -0.05) is 25.1 Å². The zero-order chi connectivity index (χ0) is 14.8. The summed E-state index contributed by atoms with van der Waals surface area (Å²) < 4.78 is 18.7. The van der Waals surface area contributed by atoms with Crippen LogP contribution < -0.4 is 0 Å². The molecule has 4 heteroatoms. The van der Waals surface area contributed by atoms with E-state index in [1.807, 2.05) is 19.1 Å². The highest BCUT2D eigenvalue weighted by Gasteiger charge is 2.36. The lowest BCUT2D eigenvalue weighted by atomic mass is 9.81. The molecule has 1 saturated heterocycles. The quantitative estimate of drug-likeness (QED) is 0.801. The van der Waals surface area contributed by atoms with Crippen molar-refractivity contribution in [1.82, 2.24) is 4.90 Å². The summed E-state index contributed by atoms with van der Waals surface area (Å²) >= 11 is 0. The largest absolute Gasteiger partial charge is 0.462 e. The number of halogens is 1. The van der Waals surface area contributed by atoms with Gasteiger partial charge in [0.05, 0.1) is 0 Å². The van der Waals surface area contributed by atoms with Gasteiger partial charge in [0.15, 0.2) is 0 Å². The predicted octanol–water partition coefficient (Wildman–Crippen LogP) is 2.87. The summed E-state index contributed by atoms with van der Waals surface area (Å²) in [6, 6.07) is 6.59. The minimum Gasteiger partial charge on any atom is -0.462 e. The van der Waals surface area contributed by atoms with Gasteiger partial charge in [-0.3, -0.25) is 9.69 Å². The maximum absolute atomic E-state index is 13.1. The van der Waals surface area contributed by atoms with E-state index in [9.17, 15) is 9.18 Å². The van der Waals surface area contributed by atoms with Crippen molar-refractivity contribution in [3.63, 3.8) is 0 Å². The topological polar surface area (TPSA) is 29.5 Å². The predicted molar refractivity (Wildman–Crippen MR) is 79.1 cm³/mol. The number of carbonyl (C=O) groups excluding carboxylic acids is 1. The lowest BCUT2D eigenvalue weighted by molar-refractivity contribution is -0.152. The molecule has 2 heterocycles.